The third kappa shape index (κ3) is 4.14. The quantitative estimate of drug-likeness (QED) is 0.412. The van der Waals surface area contributed by atoms with Gasteiger partial charge in [-0.15, -0.1) is 0 Å². The fourth-order valence-electron chi connectivity index (χ4n) is 6.32. The van der Waals surface area contributed by atoms with Gasteiger partial charge in [0.05, 0.1) is 19.8 Å². The van der Waals surface area contributed by atoms with Crippen molar-refractivity contribution in [2.24, 2.45) is 0 Å². The molecule has 8 heteroatoms. The van der Waals surface area contributed by atoms with E-state index in [0.717, 1.165) is 35.2 Å². The first-order valence-corrected chi connectivity index (χ1v) is 13.0. The Labute approximate surface area is 220 Å². The predicted molar refractivity (Wildman–Crippen MR) is 143 cm³/mol. The molecule has 1 unspecified atom stereocenters. The van der Waals surface area contributed by atoms with E-state index < -0.39 is 0 Å². The fraction of sp³-hybridized carbons (Fsp3) is 0.333. The van der Waals surface area contributed by atoms with Gasteiger partial charge in [-0.1, -0.05) is 24.3 Å². The summed E-state index contributed by atoms with van der Waals surface area (Å²) >= 11 is 0. The summed E-state index contributed by atoms with van der Waals surface area (Å²) in [7, 11) is 1.65. The Bertz CT molecular complexity index is 1460. The second-order valence-electron chi connectivity index (χ2n) is 10.3. The van der Waals surface area contributed by atoms with Crippen molar-refractivity contribution in [2.75, 3.05) is 33.4 Å². The first kappa shape index (κ1) is 24.6. The van der Waals surface area contributed by atoms with Crippen LogP contribution in [0.5, 0.6) is 5.75 Å². The molecular weight excluding hydrogens is 483 g/mol. The summed E-state index contributed by atoms with van der Waals surface area (Å²) in [4.78, 5) is 25.1. The Morgan fingerprint density at radius 3 is 2.66 bits per heavy atom. The number of methoxy groups -OCH3 is 1. The summed E-state index contributed by atoms with van der Waals surface area (Å²) in [5, 5.41) is 11.7. The lowest BCUT2D eigenvalue weighted by molar-refractivity contribution is 0.0380. The molecule has 1 atom stereocenters. The number of likely N-dealkylation sites (tertiary alicyclic amines) is 1. The number of fused-ring (bicyclic) bond motifs is 4. The molecule has 2 aromatic carbocycles. The van der Waals surface area contributed by atoms with Crippen LogP contribution in [0, 0.1) is 5.82 Å². The van der Waals surface area contributed by atoms with E-state index in [-0.39, 0.29) is 29.8 Å². The highest BCUT2D eigenvalue weighted by atomic mass is 19.1. The molecule has 0 aliphatic carbocycles. The van der Waals surface area contributed by atoms with E-state index in [4.69, 9.17) is 4.74 Å². The van der Waals surface area contributed by atoms with Crippen molar-refractivity contribution in [2.45, 2.75) is 30.8 Å². The topological polar surface area (TPSA) is 81.7 Å². The average Bonchev–Trinajstić information content (AvgIpc) is 3.34. The number of carbonyl (C=O) groups excluding carboxylic acids is 1. The van der Waals surface area contributed by atoms with Gasteiger partial charge in [0.15, 0.2) is 0 Å². The third-order valence-electron chi connectivity index (χ3n) is 8.24. The zero-order valence-electron chi connectivity index (χ0n) is 21.4. The SMILES string of the molecule is COc1ccc2c3c([nH]c2c1)C(CO)N(Cc1ccccc1F)CC31CCN(C(=O)c2ccccn2)CC1. The van der Waals surface area contributed by atoms with Gasteiger partial charge in [-0.2, -0.15) is 0 Å². The number of aromatic amines is 1. The fourth-order valence-corrected chi connectivity index (χ4v) is 6.32. The maximum Gasteiger partial charge on any atom is 0.272 e. The summed E-state index contributed by atoms with van der Waals surface area (Å²) in [6.45, 7) is 2.13. The average molecular weight is 515 g/mol. The molecule has 1 saturated heterocycles. The van der Waals surface area contributed by atoms with E-state index in [2.05, 4.69) is 20.9 Å². The van der Waals surface area contributed by atoms with Crippen LogP contribution in [0.4, 0.5) is 4.39 Å². The minimum atomic E-state index is -0.304. The van der Waals surface area contributed by atoms with Crippen molar-refractivity contribution in [1.29, 1.82) is 0 Å². The molecule has 1 spiro atoms. The van der Waals surface area contributed by atoms with Crippen molar-refractivity contribution < 1.29 is 19.0 Å². The van der Waals surface area contributed by atoms with Gasteiger partial charge >= 0.3 is 0 Å². The molecule has 7 nitrogen and oxygen atoms in total. The molecule has 6 rings (SSSR count). The van der Waals surface area contributed by atoms with Gasteiger partial charge in [0.1, 0.15) is 17.3 Å². The van der Waals surface area contributed by atoms with Crippen LogP contribution in [-0.2, 0) is 12.0 Å². The molecule has 0 bridgehead atoms. The van der Waals surface area contributed by atoms with Crippen molar-refractivity contribution >= 4 is 16.8 Å². The van der Waals surface area contributed by atoms with Crippen molar-refractivity contribution in [3.8, 4) is 5.75 Å². The standard InChI is InChI=1S/C30H31FN4O3/c1-38-21-9-10-22-25(16-21)33-28-26(18-36)35(17-20-6-2-3-7-23(20)31)19-30(27(22)28)11-14-34(15-12-30)29(37)24-8-4-5-13-32-24/h2-10,13,16,26,33,36H,11-12,14-15,17-19H2,1H3. The van der Waals surface area contributed by atoms with Crippen LogP contribution in [0.15, 0.2) is 66.9 Å². The van der Waals surface area contributed by atoms with Gasteiger partial charge in [0.2, 0.25) is 0 Å². The van der Waals surface area contributed by atoms with E-state index in [1.54, 1.807) is 37.6 Å². The summed E-state index contributed by atoms with van der Waals surface area (Å²) in [6, 6.07) is 17.9. The lowest BCUT2D eigenvalue weighted by atomic mass is 9.68. The van der Waals surface area contributed by atoms with Crippen molar-refractivity contribution in [3.05, 3.63) is 95.2 Å². The molecule has 1 amide bonds. The normalized spacial score (nSPS) is 19.0. The summed E-state index contributed by atoms with van der Waals surface area (Å²) < 4.78 is 20.2. The van der Waals surface area contributed by atoms with Gasteiger partial charge in [-0.3, -0.25) is 14.7 Å². The number of hydrogen-bond acceptors (Lipinski definition) is 5. The maximum atomic E-state index is 14.7. The molecule has 2 aromatic heterocycles. The molecule has 0 radical (unpaired) electrons. The molecule has 2 aliphatic rings. The van der Waals surface area contributed by atoms with Crippen molar-refractivity contribution in [1.82, 2.24) is 19.8 Å². The molecule has 1 fully saturated rings. The molecule has 0 saturated carbocycles. The second kappa shape index (κ2) is 9.85. The molecular formula is C30H31FN4O3. The minimum absolute atomic E-state index is 0.0587. The summed E-state index contributed by atoms with van der Waals surface area (Å²) in [5.74, 6) is 0.447. The van der Waals surface area contributed by atoms with Crippen LogP contribution in [-0.4, -0.2) is 64.1 Å². The first-order chi connectivity index (χ1) is 18.5. The number of aliphatic hydroxyl groups is 1. The number of nitrogens with one attached hydrogen (secondary N) is 1. The Morgan fingerprint density at radius 1 is 1.16 bits per heavy atom. The number of ether oxygens (including phenoxy) is 1. The van der Waals surface area contributed by atoms with E-state index in [1.165, 1.54) is 11.6 Å². The van der Waals surface area contributed by atoms with E-state index >= 15 is 0 Å². The Morgan fingerprint density at radius 2 is 1.95 bits per heavy atom. The van der Waals surface area contributed by atoms with Crippen LogP contribution in [0.2, 0.25) is 0 Å². The lowest BCUT2D eigenvalue weighted by Gasteiger charge is -2.50. The summed E-state index contributed by atoms with van der Waals surface area (Å²) in [5.41, 5.74) is 3.90. The molecule has 4 heterocycles. The number of amides is 1. The second-order valence-corrected chi connectivity index (χ2v) is 10.3. The van der Waals surface area contributed by atoms with Gasteiger partial charge in [0.25, 0.3) is 5.91 Å². The smallest absolute Gasteiger partial charge is 0.272 e. The number of H-pyrrole nitrogens is 1. The number of pyridine rings is 1. The number of halogens is 1. The number of hydrogen-bond donors (Lipinski definition) is 2. The first-order valence-electron chi connectivity index (χ1n) is 13.0. The van der Waals surface area contributed by atoms with E-state index in [1.807, 2.05) is 29.2 Å². The molecule has 4 aromatic rings. The number of piperidine rings is 1. The number of aliphatic hydroxyl groups excluding tert-OH is 1. The predicted octanol–water partition coefficient (Wildman–Crippen LogP) is 4.43. The largest absolute Gasteiger partial charge is 0.497 e. The highest BCUT2D eigenvalue weighted by Crippen LogP contribution is 2.49. The third-order valence-corrected chi connectivity index (χ3v) is 8.24. The van der Waals surface area contributed by atoms with E-state index in [9.17, 15) is 14.3 Å². The Balaban J connectivity index is 1.40. The highest BCUT2D eigenvalue weighted by Gasteiger charge is 2.48. The zero-order chi connectivity index (χ0) is 26.3. The number of nitrogens with zero attached hydrogens (tertiary/aromatic N) is 3. The number of benzene rings is 2. The number of carbonyl (C=O) groups is 1. The van der Waals surface area contributed by atoms with Gasteiger partial charge in [-0.05, 0) is 48.7 Å². The molecule has 38 heavy (non-hydrogen) atoms. The zero-order valence-corrected chi connectivity index (χ0v) is 21.4. The molecule has 196 valence electrons. The van der Waals surface area contributed by atoms with Crippen LogP contribution in [0.3, 0.4) is 0 Å². The van der Waals surface area contributed by atoms with E-state index in [0.29, 0.717) is 37.4 Å². The highest BCUT2D eigenvalue weighted by molar-refractivity contribution is 5.92. The van der Waals surface area contributed by atoms with Gasteiger partial charge < -0.3 is 19.7 Å². The summed E-state index contributed by atoms with van der Waals surface area (Å²) in [6.07, 6.45) is 3.15. The van der Waals surface area contributed by atoms with Crippen LogP contribution < -0.4 is 4.74 Å². The lowest BCUT2D eigenvalue weighted by Crippen LogP contribution is -2.54. The molecule has 2 aliphatic heterocycles. The maximum absolute atomic E-state index is 14.7. The number of aromatic nitrogens is 2. The van der Waals surface area contributed by atoms with Crippen LogP contribution >= 0.6 is 0 Å². The Hall–Kier alpha value is -3.75. The molecule has 2 N–H and O–H groups in total. The van der Waals surface area contributed by atoms with Gasteiger partial charge in [-0.25, -0.2) is 4.39 Å². The van der Waals surface area contributed by atoms with Crippen molar-refractivity contribution in [3.63, 3.8) is 0 Å². The number of rotatable bonds is 5. The monoisotopic (exact) mass is 514 g/mol. The Kier molecular flexibility index (Phi) is 6.37. The van der Waals surface area contributed by atoms with Crippen LogP contribution in [0.25, 0.3) is 10.9 Å². The van der Waals surface area contributed by atoms with Crippen LogP contribution in [0.1, 0.15) is 46.2 Å². The van der Waals surface area contributed by atoms with Gasteiger partial charge in [0, 0.05) is 66.0 Å². The minimum Gasteiger partial charge on any atom is -0.497 e.